The summed E-state index contributed by atoms with van der Waals surface area (Å²) in [6, 6.07) is 0.176. The van der Waals surface area contributed by atoms with Crippen LogP contribution in [-0.2, 0) is 4.79 Å². The average Bonchev–Trinajstić information content (AvgIpc) is 2.52. The van der Waals surface area contributed by atoms with Gasteiger partial charge in [0.2, 0.25) is 17.1 Å². The van der Waals surface area contributed by atoms with Crippen LogP contribution in [0.15, 0.2) is 0 Å². The van der Waals surface area contributed by atoms with Crippen molar-refractivity contribution in [3.8, 4) is 6.01 Å². The third kappa shape index (κ3) is 3.92. The molecule has 0 unspecified atom stereocenters. The summed E-state index contributed by atoms with van der Waals surface area (Å²) in [5, 5.41) is 2.85. The lowest BCUT2D eigenvalue weighted by Gasteiger charge is -2.19. The van der Waals surface area contributed by atoms with E-state index in [0.29, 0.717) is 19.0 Å². The molecule has 0 radical (unpaired) electrons. The quantitative estimate of drug-likeness (QED) is 0.878. The number of aromatic nitrogens is 3. The van der Waals surface area contributed by atoms with Crippen LogP contribution in [0, 0.1) is 0 Å². The highest BCUT2D eigenvalue weighted by molar-refractivity contribution is 6.28. The van der Waals surface area contributed by atoms with E-state index in [1.54, 1.807) is 4.90 Å². The maximum absolute atomic E-state index is 11.5. The molecule has 0 saturated carbocycles. The fourth-order valence-electron chi connectivity index (χ4n) is 1.70. The maximum Gasteiger partial charge on any atom is 0.322 e. The largest absolute Gasteiger partial charge is 0.461 e. The summed E-state index contributed by atoms with van der Waals surface area (Å²) < 4.78 is 5.41. The molecule has 19 heavy (non-hydrogen) atoms. The molecule has 104 valence electrons. The van der Waals surface area contributed by atoms with Crippen molar-refractivity contribution in [1.29, 1.82) is 0 Å². The first-order valence-corrected chi connectivity index (χ1v) is 6.52. The highest BCUT2D eigenvalue weighted by Gasteiger charge is 2.19. The van der Waals surface area contributed by atoms with E-state index < -0.39 is 0 Å². The minimum atomic E-state index is -0.0567. The van der Waals surface area contributed by atoms with E-state index in [4.69, 9.17) is 16.3 Å². The van der Waals surface area contributed by atoms with Crippen LogP contribution < -0.4 is 15.0 Å². The molecule has 0 spiro atoms. The van der Waals surface area contributed by atoms with Gasteiger partial charge in [-0.3, -0.25) is 4.79 Å². The lowest BCUT2D eigenvalue weighted by Crippen LogP contribution is -2.34. The normalized spacial score (nSPS) is 16.2. The number of ether oxygens (including phenoxy) is 1. The molecule has 8 heteroatoms. The summed E-state index contributed by atoms with van der Waals surface area (Å²) in [6.45, 7) is 5.29. The molecule has 1 saturated heterocycles. The molecule has 2 rings (SSSR count). The van der Waals surface area contributed by atoms with Crippen LogP contribution in [0.5, 0.6) is 6.01 Å². The van der Waals surface area contributed by atoms with E-state index in [2.05, 4.69) is 20.3 Å². The third-order valence-electron chi connectivity index (χ3n) is 2.46. The zero-order valence-corrected chi connectivity index (χ0v) is 11.6. The molecule has 1 N–H and O–H groups in total. The number of amides is 1. The Labute approximate surface area is 116 Å². The van der Waals surface area contributed by atoms with E-state index in [-0.39, 0.29) is 29.8 Å². The molecule has 1 aromatic rings. The Morgan fingerprint density at radius 3 is 2.89 bits per heavy atom. The average molecular weight is 286 g/mol. The predicted octanol–water partition coefficient (Wildman–Crippen LogP) is 0.638. The smallest absolute Gasteiger partial charge is 0.322 e. The highest BCUT2D eigenvalue weighted by atomic mass is 35.5. The Morgan fingerprint density at radius 1 is 1.37 bits per heavy atom. The van der Waals surface area contributed by atoms with Crippen LogP contribution in [0.2, 0.25) is 5.28 Å². The van der Waals surface area contributed by atoms with Crippen LogP contribution in [-0.4, -0.2) is 46.6 Å². The summed E-state index contributed by atoms with van der Waals surface area (Å²) in [7, 11) is 0. The SMILES string of the molecule is CC(C)Oc1nc(Cl)nc(N2CCCNC(=O)C2)n1. The maximum atomic E-state index is 11.5. The van der Waals surface area contributed by atoms with Crippen molar-refractivity contribution in [2.24, 2.45) is 0 Å². The van der Waals surface area contributed by atoms with Gasteiger partial charge in [0.05, 0.1) is 12.6 Å². The van der Waals surface area contributed by atoms with Gasteiger partial charge in [0.25, 0.3) is 0 Å². The number of hydrogen-bond donors (Lipinski definition) is 1. The molecule has 1 aliphatic rings. The van der Waals surface area contributed by atoms with Crippen molar-refractivity contribution in [2.45, 2.75) is 26.4 Å². The first-order valence-electron chi connectivity index (χ1n) is 6.14. The fraction of sp³-hybridized carbons (Fsp3) is 0.636. The van der Waals surface area contributed by atoms with E-state index in [9.17, 15) is 4.79 Å². The zero-order chi connectivity index (χ0) is 13.8. The topological polar surface area (TPSA) is 80.2 Å². The highest BCUT2D eigenvalue weighted by Crippen LogP contribution is 2.16. The van der Waals surface area contributed by atoms with E-state index in [0.717, 1.165) is 6.42 Å². The van der Waals surface area contributed by atoms with Gasteiger partial charge in [0, 0.05) is 13.1 Å². The van der Waals surface area contributed by atoms with E-state index >= 15 is 0 Å². The van der Waals surface area contributed by atoms with Gasteiger partial charge in [-0.2, -0.15) is 15.0 Å². The van der Waals surface area contributed by atoms with Gasteiger partial charge < -0.3 is 15.0 Å². The number of nitrogens with one attached hydrogen (secondary N) is 1. The van der Waals surface area contributed by atoms with Gasteiger partial charge in [-0.25, -0.2) is 0 Å². The second-order valence-electron chi connectivity index (χ2n) is 4.48. The van der Waals surface area contributed by atoms with Crippen LogP contribution in [0.3, 0.4) is 0 Å². The number of anilines is 1. The van der Waals surface area contributed by atoms with Gasteiger partial charge in [0.1, 0.15) is 0 Å². The van der Waals surface area contributed by atoms with Crippen molar-refractivity contribution < 1.29 is 9.53 Å². The molecule has 0 aromatic carbocycles. The molecule has 0 aliphatic carbocycles. The molecule has 1 fully saturated rings. The van der Waals surface area contributed by atoms with E-state index in [1.165, 1.54) is 0 Å². The predicted molar refractivity (Wildman–Crippen MR) is 70.4 cm³/mol. The molecular formula is C11H16ClN5O2. The van der Waals surface area contributed by atoms with E-state index in [1.807, 2.05) is 13.8 Å². The molecule has 7 nitrogen and oxygen atoms in total. The van der Waals surface area contributed by atoms with Gasteiger partial charge in [-0.1, -0.05) is 0 Å². The lowest BCUT2D eigenvalue weighted by molar-refractivity contribution is -0.119. The van der Waals surface area contributed by atoms with Crippen molar-refractivity contribution in [3.63, 3.8) is 0 Å². The molecule has 2 heterocycles. The Hall–Kier alpha value is -1.63. The number of hydrogen-bond acceptors (Lipinski definition) is 6. The van der Waals surface area contributed by atoms with Crippen LogP contribution >= 0.6 is 11.6 Å². The van der Waals surface area contributed by atoms with Crippen molar-refractivity contribution in [1.82, 2.24) is 20.3 Å². The second-order valence-corrected chi connectivity index (χ2v) is 4.82. The first kappa shape index (κ1) is 13.8. The number of rotatable bonds is 3. The number of carbonyl (C=O) groups excluding carboxylic acids is 1. The standard InChI is InChI=1S/C11H16ClN5O2/c1-7(2)19-11-15-9(12)14-10(16-11)17-5-3-4-13-8(18)6-17/h7H,3-6H2,1-2H3,(H,13,18). The minimum absolute atomic E-state index is 0.0552. The van der Waals surface area contributed by atoms with Crippen molar-refractivity contribution in [3.05, 3.63) is 5.28 Å². The zero-order valence-electron chi connectivity index (χ0n) is 10.9. The fourth-order valence-corrected chi connectivity index (χ4v) is 1.85. The lowest BCUT2D eigenvalue weighted by atomic mass is 10.4. The minimum Gasteiger partial charge on any atom is -0.461 e. The number of nitrogens with zero attached hydrogens (tertiary/aromatic N) is 4. The molecule has 1 aromatic heterocycles. The van der Waals surface area contributed by atoms with Crippen molar-refractivity contribution in [2.75, 3.05) is 24.5 Å². The Bertz CT molecular complexity index is 468. The summed E-state index contributed by atoms with van der Waals surface area (Å²) >= 11 is 5.86. The van der Waals surface area contributed by atoms with Gasteiger partial charge >= 0.3 is 6.01 Å². The van der Waals surface area contributed by atoms with Gasteiger partial charge in [-0.05, 0) is 31.9 Å². The van der Waals surface area contributed by atoms with Crippen LogP contribution in [0.25, 0.3) is 0 Å². The van der Waals surface area contributed by atoms with Crippen molar-refractivity contribution >= 4 is 23.5 Å². The first-order chi connectivity index (χ1) is 9.04. The Morgan fingerprint density at radius 2 is 2.16 bits per heavy atom. The monoisotopic (exact) mass is 285 g/mol. The molecule has 1 aliphatic heterocycles. The Kier molecular flexibility index (Phi) is 4.36. The molecule has 0 bridgehead atoms. The Balaban J connectivity index is 2.22. The van der Waals surface area contributed by atoms with Crippen LogP contribution in [0.4, 0.5) is 5.95 Å². The third-order valence-corrected chi connectivity index (χ3v) is 2.63. The summed E-state index contributed by atoms with van der Waals surface area (Å²) in [4.78, 5) is 25.4. The molecular weight excluding hydrogens is 270 g/mol. The molecule has 0 atom stereocenters. The number of halogens is 1. The molecule has 1 amide bonds. The summed E-state index contributed by atoms with van der Waals surface area (Å²) in [6.07, 6.45) is 0.772. The summed E-state index contributed by atoms with van der Waals surface area (Å²) in [5.74, 6) is 0.313. The summed E-state index contributed by atoms with van der Waals surface area (Å²) in [5.41, 5.74) is 0. The van der Waals surface area contributed by atoms with Gasteiger partial charge in [0.15, 0.2) is 0 Å². The number of carbonyl (C=O) groups is 1. The van der Waals surface area contributed by atoms with Gasteiger partial charge in [-0.15, -0.1) is 0 Å². The second kappa shape index (κ2) is 6.01. The van der Waals surface area contributed by atoms with Crippen LogP contribution in [0.1, 0.15) is 20.3 Å².